The third kappa shape index (κ3) is 4.10. The Hall–Kier alpha value is -1.90. The summed E-state index contributed by atoms with van der Waals surface area (Å²) in [6.07, 6.45) is 2.85. The Morgan fingerprint density at radius 1 is 1.13 bits per heavy atom. The number of nitriles is 1. The molecule has 0 N–H and O–H groups in total. The molecule has 1 saturated heterocycles. The van der Waals surface area contributed by atoms with E-state index in [1.54, 1.807) is 6.20 Å². The summed E-state index contributed by atoms with van der Waals surface area (Å²) in [6, 6.07) is 14.7. The number of benzene rings is 1. The summed E-state index contributed by atoms with van der Waals surface area (Å²) in [5.41, 5.74) is 2.02. The minimum Gasteiger partial charge on any atom is -0.353 e. The van der Waals surface area contributed by atoms with Crippen molar-refractivity contribution in [3.05, 3.63) is 58.2 Å². The highest BCUT2D eigenvalue weighted by atomic mass is 79.9. The Kier molecular flexibility index (Phi) is 5.27. The SMILES string of the molecule is N#Cc1cc(Br)cnc1N1CCN(CCc2ccccc2)CC1. The molecule has 0 unspecified atom stereocenters. The molecule has 118 valence electrons. The highest BCUT2D eigenvalue weighted by Gasteiger charge is 2.20. The summed E-state index contributed by atoms with van der Waals surface area (Å²) in [7, 11) is 0. The van der Waals surface area contributed by atoms with Crippen LogP contribution >= 0.6 is 15.9 Å². The van der Waals surface area contributed by atoms with Gasteiger partial charge in [-0.25, -0.2) is 4.98 Å². The van der Waals surface area contributed by atoms with Crippen LogP contribution in [-0.2, 0) is 6.42 Å². The number of anilines is 1. The van der Waals surface area contributed by atoms with Crippen molar-refractivity contribution in [2.24, 2.45) is 0 Å². The first-order chi connectivity index (χ1) is 11.3. The Morgan fingerprint density at radius 3 is 2.57 bits per heavy atom. The number of rotatable bonds is 4. The molecule has 0 bridgehead atoms. The molecule has 1 aromatic heterocycles. The molecular formula is C18H19BrN4. The van der Waals surface area contributed by atoms with Crippen LogP contribution in [0.5, 0.6) is 0 Å². The van der Waals surface area contributed by atoms with Crippen molar-refractivity contribution in [2.75, 3.05) is 37.6 Å². The van der Waals surface area contributed by atoms with E-state index >= 15 is 0 Å². The van der Waals surface area contributed by atoms with Crippen molar-refractivity contribution in [3.63, 3.8) is 0 Å². The Bertz CT molecular complexity index is 688. The van der Waals surface area contributed by atoms with E-state index in [4.69, 9.17) is 0 Å². The van der Waals surface area contributed by atoms with Crippen LogP contribution in [0.15, 0.2) is 47.1 Å². The van der Waals surface area contributed by atoms with E-state index < -0.39 is 0 Å². The normalized spacial score (nSPS) is 15.4. The maximum atomic E-state index is 9.29. The zero-order chi connectivity index (χ0) is 16.1. The molecule has 0 amide bonds. The lowest BCUT2D eigenvalue weighted by Gasteiger charge is -2.35. The zero-order valence-corrected chi connectivity index (χ0v) is 14.5. The van der Waals surface area contributed by atoms with Crippen LogP contribution < -0.4 is 4.90 Å². The molecule has 0 radical (unpaired) electrons. The van der Waals surface area contributed by atoms with Crippen LogP contribution in [0, 0.1) is 11.3 Å². The molecule has 2 heterocycles. The molecule has 1 aliphatic rings. The first-order valence-electron chi connectivity index (χ1n) is 7.83. The summed E-state index contributed by atoms with van der Waals surface area (Å²) in [5, 5.41) is 9.29. The number of nitrogens with zero attached hydrogens (tertiary/aromatic N) is 4. The average molecular weight is 371 g/mol. The summed E-state index contributed by atoms with van der Waals surface area (Å²) < 4.78 is 0.847. The maximum absolute atomic E-state index is 9.29. The predicted octanol–water partition coefficient (Wildman–Crippen LogP) is 3.08. The molecule has 1 aliphatic heterocycles. The molecule has 0 spiro atoms. The Balaban J connectivity index is 1.55. The fourth-order valence-corrected chi connectivity index (χ4v) is 3.21. The lowest BCUT2D eigenvalue weighted by Crippen LogP contribution is -2.47. The largest absolute Gasteiger partial charge is 0.353 e. The fraction of sp³-hybridized carbons (Fsp3) is 0.333. The van der Waals surface area contributed by atoms with Crippen molar-refractivity contribution in [1.82, 2.24) is 9.88 Å². The van der Waals surface area contributed by atoms with Crippen LogP contribution in [0.1, 0.15) is 11.1 Å². The van der Waals surface area contributed by atoms with Gasteiger partial charge in [0.05, 0.1) is 5.56 Å². The molecule has 0 atom stereocenters. The van der Waals surface area contributed by atoms with Gasteiger partial charge in [0, 0.05) is 43.4 Å². The fourth-order valence-electron chi connectivity index (χ4n) is 2.88. The molecule has 5 heteroatoms. The molecule has 4 nitrogen and oxygen atoms in total. The van der Waals surface area contributed by atoms with Gasteiger partial charge in [0.2, 0.25) is 0 Å². The highest BCUT2D eigenvalue weighted by Crippen LogP contribution is 2.22. The molecule has 23 heavy (non-hydrogen) atoms. The van der Waals surface area contributed by atoms with Crippen LogP contribution in [0.2, 0.25) is 0 Å². The van der Waals surface area contributed by atoms with Gasteiger partial charge < -0.3 is 4.90 Å². The van der Waals surface area contributed by atoms with Gasteiger partial charge in [-0.3, -0.25) is 4.90 Å². The second-order valence-corrected chi connectivity index (χ2v) is 6.62. The minimum atomic E-state index is 0.636. The van der Waals surface area contributed by atoms with Gasteiger partial charge in [0.15, 0.2) is 0 Å². The van der Waals surface area contributed by atoms with E-state index in [0.29, 0.717) is 5.56 Å². The number of hydrogen-bond donors (Lipinski definition) is 0. The third-order valence-corrected chi connectivity index (χ3v) is 4.62. The van der Waals surface area contributed by atoms with Gasteiger partial charge in [0.1, 0.15) is 11.9 Å². The lowest BCUT2D eigenvalue weighted by atomic mass is 10.1. The van der Waals surface area contributed by atoms with Gasteiger partial charge >= 0.3 is 0 Å². The van der Waals surface area contributed by atoms with Gasteiger partial charge in [-0.2, -0.15) is 5.26 Å². The maximum Gasteiger partial charge on any atom is 0.146 e. The number of hydrogen-bond acceptors (Lipinski definition) is 4. The first kappa shape index (κ1) is 16.0. The molecule has 1 aromatic carbocycles. The molecule has 0 saturated carbocycles. The topological polar surface area (TPSA) is 43.2 Å². The van der Waals surface area contributed by atoms with Crippen LogP contribution in [-0.4, -0.2) is 42.6 Å². The zero-order valence-electron chi connectivity index (χ0n) is 13.0. The number of halogens is 1. The summed E-state index contributed by atoms with van der Waals surface area (Å²) in [6.45, 7) is 4.93. The Morgan fingerprint density at radius 2 is 1.87 bits per heavy atom. The van der Waals surface area contributed by atoms with E-state index in [2.05, 4.69) is 67.1 Å². The molecular weight excluding hydrogens is 352 g/mol. The van der Waals surface area contributed by atoms with E-state index in [-0.39, 0.29) is 0 Å². The van der Waals surface area contributed by atoms with E-state index in [1.165, 1.54) is 5.56 Å². The van der Waals surface area contributed by atoms with E-state index in [9.17, 15) is 5.26 Å². The third-order valence-electron chi connectivity index (χ3n) is 4.19. The second kappa shape index (κ2) is 7.58. The molecule has 0 aliphatic carbocycles. The Labute approximate surface area is 145 Å². The van der Waals surface area contributed by atoms with Crippen LogP contribution in [0.4, 0.5) is 5.82 Å². The first-order valence-corrected chi connectivity index (χ1v) is 8.62. The van der Waals surface area contributed by atoms with Crippen LogP contribution in [0.25, 0.3) is 0 Å². The van der Waals surface area contributed by atoms with Crippen molar-refractivity contribution >= 4 is 21.7 Å². The standard InChI is InChI=1S/C18H19BrN4/c19-17-12-16(13-20)18(21-14-17)23-10-8-22(9-11-23)7-6-15-4-2-1-3-5-15/h1-5,12,14H,6-11H2. The molecule has 3 rings (SSSR count). The summed E-state index contributed by atoms with van der Waals surface area (Å²) >= 11 is 3.37. The number of piperazine rings is 1. The van der Waals surface area contributed by atoms with Crippen LogP contribution in [0.3, 0.4) is 0 Å². The average Bonchev–Trinajstić information content (AvgIpc) is 2.61. The van der Waals surface area contributed by atoms with Crippen molar-refractivity contribution in [3.8, 4) is 6.07 Å². The summed E-state index contributed by atoms with van der Waals surface area (Å²) in [4.78, 5) is 9.12. The van der Waals surface area contributed by atoms with Gasteiger partial charge in [-0.1, -0.05) is 30.3 Å². The van der Waals surface area contributed by atoms with Crippen molar-refractivity contribution in [1.29, 1.82) is 5.26 Å². The van der Waals surface area contributed by atoms with E-state index in [1.807, 2.05) is 6.07 Å². The minimum absolute atomic E-state index is 0.636. The number of aromatic nitrogens is 1. The molecule has 1 fully saturated rings. The van der Waals surface area contributed by atoms with Gasteiger partial charge in [-0.05, 0) is 34.0 Å². The molecule has 2 aromatic rings. The smallest absolute Gasteiger partial charge is 0.146 e. The summed E-state index contributed by atoms with van der Waals surface area (Å²) in [5.74, 6) is 0.804. The van der Waals surface area contributed by atoms with E-state index in [0.717, 1.165) is 49.4 Å². The van der Waals surface area contributed by atoms with Gasteiger partial charge in [-0.15, -0.1) is 0 Å². The predicted molar refractivity (Wildman–Crippen MR) is 95.5 cm³/mol. The van der Waals surface area contributed by atoms with Crippen molar-refractivity contribution in [2.45, 2.75) is 6.42 Å². The monoisotopic (exact) mass is 370 g/mol. The second-order valence-electron chi connectivity index (χ2n) is 5.70. The van der Waals surface area contributed by atoms with Gasteiger partial charge in [0.25, 0.3) is 0 Å². The quantitative estimate of drug-likeness (QED) is 0.829. The highest BCUT2D eigenvalue weighted by molar-refractivity contribution is 9.10. The number of pyridine rings is 1. The van der Waals surface area contributed by atoms with Crippen molar-refractivity contribution < 1.29 is 0 Å². The lowest BCUT2D eigenvalue weighted by molar-refractivity contribution is 0.260.